The molecule has 0 aliphatic rings. The van der Waals surface area contributed by atoms with Crippen molar-refractivity contribution in [3.8, 4) is 5.75 Å². The van der Waals surface area contributed by atoms with E-state index in [9.17, 15) is 0 Å². The summed E-state index contributed by atoms with van der Waals surface area (Å²) < 4.78 is 5.87. The Bertz CT molecular complexity index is 639. The first-order valence-electron chi connectivity index (χ1n) is 7.35. The fraction of sp³-hybridized carbons (Fsp3) is 0.278. The van der Waals surface area contributed by atoms with Crippen molar-refractivity contribution in [1.29, 1.82) is 0 Å². The van der Waals surface area contributed by atoms with Crippen molar-refractivity contribution in [3.05, 3.63) is 64.7 Å². The van der Waals surface area contributed by atoms with E-state index in [1.54, 1.807) is 6.21 Å². The summed E-state index contributed by atoms with van der Waals surface area (Å²) in [5, 5.41) is 12.7. The molecule has 116 valence electrons. The van der Waals surface area contributed by atoms with E-state index >= 15 is 0 Å². The quantitative estimate of drug-likeness (QED) is 0.469. The Morgan fingerprint density at radius 2 is 2.05 bits per heavy atom. The molecule has 0 heterocycles. The van der Waals surface area contributed by atoms with Gasteiger partial charge in [0.2, 0.25) is 0 Å². The predicted octanol–water partition coefficient (Wildman–Crippen LogP) is 2.80. The zero-order chi connectivity index (χ0) is 15.8. The van der Waals surface area contributed by atoms with E-state index in [1.807, 2.05) is 24.3 Å². The van der Waals surface area contributed by atoms with Crippen molar-refractivity contribution < 1.29 is 9.84 Å². The Morgan fingerprint density at radius 1 is 1.18 bits per heavy atom. The minimum absolute atomic E-state index is 0.0658. The van der Waals surface area contributed by atoms with Gasteiger partial charge in [0.15, 0.2) is 0 Å². The first kappa shape index (κ1) is 16.0. The maximum absolute atomic E-state index is 8.67. The van der Waals surface area contributed by atoms with Crippen molar-refractivity contribution in [1.82, 2.24) is 5.43 Å². The highest BCUT2D eigenvalue weighted by molar-refractivity contribution is 5.79. The zero-order valence-corrected chi connectivity index (χ0v) is 13.0. The van der Waals surface area contributed by atoms with Crippen molar-refractivity contribution in [2.75, 3.05) is 13.2 Å². The molecule has 0 spiro atoms. The normalized spacial score (nSPS) is 10.9. The molecule has 0 aliphatic carbocycles. The minimum atomic E-state index is 0.0658. The number of hydrazone groups is 1. The van der Waals surface area contributed by atoms with Gasteiger partial charge in [-0.15, -0.1) is 0 Å². The summed E-state index contributed by atoms with van der Waals surface area (Å²) in [5.41, 5.74) is 7.37. The van der Waals surface area contributed by atoms with Gasteiger partial charge < -0.3 is 15.3 Å². The summed E-state index contributed by atoms with van der Waals surface area (Å²) in [4.78, 5) is 0. The topological polar surface area (TPSA) is 53.8 Å². The predicted molar refractivity (Wildman–Crippen MR) is 89.4 cm³/mol. The van der Waals surface area contributed by atoms with Crippen molar-refractivity contribution in [2.24, 2.45) is 5.10 Å². The molecule has 2 aromatic carbocycles. The third kappa shape index (κ3) is 4.90. The van der Waals surface area contributed by atoms with Crippen molar-refractivity contribution >= 4 is 6.21 Å². The molecule has 2 N–H and O–H groups in total. The van der Waals surface area contributed by atoms with E-state index in [4.69, 9.17) is 9.84 Å². The molecule has 0 bridgehead atoms. The first-order valence-corrected chi connectivity index (χ1v) is 7.35. The first-order chi connectivity index (χ1) is 10.7. The lowest BCUT2D eigenvalue weighted by Gasteiger charge is -2.10. The van der Waals surface area contributed by atoms with Gasteiger partial charge in [0.25, 0.3) is 0 Å². The molecule has 0 saturated heterocycles. The summed E-state index contributed by atoms with van der Waals surface area (Å²) in [6.45, 7) is 5.24. The van der Waals surface area contributed by atoms with Crippen molar-refractivity contribution in [2.45, 2.75) is 20.5 Å². The van der Waals surface area contributed by atoms with Gasteiger partial charge in [0.1, 0.15) is 12.4 Å². The van der Waals surface area contributed by atoms with Crippen LogP contribution >= 0.6 is 0 Å². The van der Waals surface area contributed by atoms with E-state index in [-0.39, 0.29) is 6.61 Å². The zero-order valence-electron chi connectivity index (χ0n) is 13.0. The van der Waals surface area contributed by atoms with Crippen LogP contribution in [0.2, 0.25) is 0 Å². The molecule has 0 saturated carbocycles. The van der Waals surface area contributed by atoms with Crippen LogP contribution in [0.25, 0.3) is 0 Å². The second-order valence-electron chi connectivity index (χ2n) is 5.18. The fourth-order valence-electron chi connectivity index (χ4n) is 2.04. The summed E-state index contributed by atoms with van der Waals surface area (Å²) in [6.07, 6.45) is 1.71. The van der Waals surface area contributed by atoms with Crippen LogP contribution in [0.1, 0.15) is 22.3 Å². The van der Waals surface area contributed by atoms with Crippen molar-refractivity contribution in [3.63, 3.8) is 0 Å². The van der Waals surface area contributed by atoms with E-state index in [1.165, 1.54) is 16.7 Å². The molecule has 2 aromatic rings. The Balaban J connectivity index is 1.98. The van der Waals surface area contributed by atoms with Gasteiger partial charge in [0, 0.05) is 0 Å². The molecule has 2 rings (SSSR count). The summed E-state index contributed by atoms with van der Waals surface area (Å²) in [5.74, 6) is 0.812. The van der Waals surface area contributed by atoms with E-state index in [0.29, 0.717) is 13.2 Å². The van der Waals surface area contributed by atoms with Crippen LogP contribution in [0.4, 0.5) is 0 Å². The monoisotopic (exact) mass is 298 g/mol. The molecular formula is C18H22N2O2. The number of rotatable bonds is 7. The molecule has 0 amide bonds. The Labute approximate surface area is 131 Å². The van der Waals surface area contributed by atoms with Crippen LogP contribution in [-0.2, 0) is 6.61 Å². The van der Waals surface area contributed by atoms with Crippen LogP contribution in [0.5, 0.6) is 5.75 Å². The fourth-order valence-corrected chi connectivity index (χ4v) is 2.04. The molecule has 0 unspecified atom stereocenters. The average Bonchev–Trinajstić information content (AvgIpc) is 2.53. The molecule has 4 nitrogen and oxygen atoms in total. The maximum atomic E-state index is 8.67. The molecule has 4 heteroatoms. The number of ether oxygens (including phenoxy) is 1. The lowest BCUT2D eigenvalue weighted by molar-refractivity contribution is 0.293. The summed E-state index contributed by atoms with van der Waals surface area (Å²) in [7, 11) is 0. The average molecular weight is 298 g/mol. The van der Waals surface area contributed by atoms with Crippen LogP contribution in [0.3, 0.4) is 0 Å². The molecule has 0 aromatic heterocycles. The number of hydrogen-bond acceptors (Lipinski definition) is 4. The molecule has 0 atom stereocenters. The van der Waals surface area contributed by atoms with Gasteiger partial charge in [-0.2, -0.15) is 5.10 Å². The lowest BCUT2D eigenvalue weighted by atomic mass is 10.1. The number of aliphatic hydroxyl groups excluding tert-OH is 1. The molecule has 0 aliphatic heterocycles. The molecule has 0 fully saturated rings. The second-order valence-corrected chi connectivity index (χ2v) is 5.18. The number of aliphatic hydroxyl groups is 1. The highest BCUT2D eigenvalue weighted by atomic mass is 16.5. The lowest BCUT2D eigenvalue weighted by Crippen LogP contribution is -2.11. The van der Waals surface area contributed by atoms with E-state index in [0.717, 1.165) is 11.3 Å². The van der Waals surface area contributed by atoms with Crippen LogP contribution in [0, 0.1) is 13.8 Å². The third-order valence-corrected chi connectivity index (χ3v) is 3.29. The molecular weight excluding hydrogens is 276 g/mol. The maximum Gasteiger partial charge on any atom is 0.120 e. The van der Waals surface area contributed by atoms with Crippen LogP contribution < -0.4 is 10.2 Å². The highest BCUT2D eigenvalue weighted by Crippen LogP contribution is 2.17. The Morgan fingerprint density at radius 3 is 2.86 bits per heavy atom. The Kier molecular flexibility index (Phi) is 5.98. The number of benzene rings is 2. The summed E-state index contributed by atoms with van der Waals surface area (Å²) >= 11 is 0. The number of hydrogen-bond donors (Lipinski definition) is 2. The van der Waals surface area contributed by atoms with Gasteiger partial charge >= 0.3 is 0 Å². The SMILES string of the molecule is Cc1ccc(C)c(COc2cccc(C=NNCCO)c2)c1. The molecule has 0 radical (unpaired) electrons. The standard InChI is InChI=1S/C18H22N2O2/c1-14-6-7-15(2)17(10-14)13-22-18-5-3-4-16(11-18)12-20-19-8-9-21/h3-7,10-12,19,21H,8-9,13H2,1-2H3. The molecule has 22 heavy (non-hydrogen) atoms. The van der Waals surface area contributed by atoms with Gasteiger partial charge in [0.05, 0.1) is 19.4 Å². The van der Waals surface area contributed by atoms with E-state index < -0.39 is 0 Å². The van der Waals surface area contributed by atoms with Gasteiger partial charge in [-0.3, -0.25) is 0 Å². The number of aryl methyl sites for hydroxylation is 2. The number of nitrogens with zero attached hydrogens (tertiary/aromatic N) is 1. The second kappa shape index (κ2) is 8.20. The largest absolute Gasteiger partial charge is 0.489 e. The minimum Gasteiger partial charge on any atom is -0.489 e. The van der Waals surface area contributed by atoms with Crippen LogP contribution in [-0.4, -0.2) is 24.5 Å². The Hall–Kier alpha value is -2.33. The number of nitrogens with one attached hydrogen (secondary N) is 1. The van der Waals surface area contributed by atoms with Gasteiger partial charge in [-0.05, 0) is 42.7 Å². The smallest absolute Gasteiger partial charge is 0.120 e. The van der Waals surface area contributed by atoms with Crippen LogP contribution in [0.15, 0.2) is 47.6 Å². The summed E-state index contributed by atoms with van der Waals surface area (Å²) in [6, 6.07) is 14.1. The van der Waals surface area contributed by atoms with Gasteiger partial charge in [-0.25, -0.2) is 0 Å². The van der Waals surface area contributed by atoms with E-state index in [2.05, 4.69) is 42.6 Å². The highest BCUT2D eigenvalue weighted by Gasteiger charge is 2.01. The third-order valence-electron chi connectivity index (χ3n) is 3.29. The van der Waals surface area contributed by atoms with Gasteiger partial charge in [-0.1, -0.05) is 35.9 Å².